The molecule has 67 heavy (non-hydrogen) atoms. The molecule has 0 N–H and O–H groups in total. The lowest BCUT2D eigenvalue weighted by Crippen LogP contribution is -2.81. The summed E-state index contributed by atoms with van der Waals surface area (Å²) in [6.45, 7) is 3.63. The van der Waals surface area contributed by atoms with Crippen LogP contribution >= 0.6 is 0 Å². The Kier molecular flexibility index (Phi) is 20.5. The molecule has 0 bridgehead atoms. The lowest BCUT2D eigenvalue weighted by atomic mass is 9.12. The quantitative estimate of drug-likeness (QED) is 0.0195. The molecule has 0 unspecified atom stereocenters. The molecule has 0 atom stereocenters. The number of rotatable bonds is 21. The summed E-state index contributed by atoms with van der Waals surface area (Å²) in [6, 6.07) is 0. The molecule has 0 fully saturated rings. The molecule has 0 aliphatic carbocycles. The van der Waals surface area contributed by atoms with E-state index in [0.29, 0.717) is 0 Å². The zero-order chi connectivity index (χ0) is 50.9. The van der Waals surface area contributed by atoms with Crippen LogP contribution < -0.4 is 21.9 Å². The molecule has 0 aliphatic heterocycles. The lowest BCUT2D eigenvalue weighted by molar-refractivity contribution is -0.870. The predicted molar refractivity (Wildman–Crippen MR) is 212 cm³/mol. The highest BCUT2D eigenvalue weighted by atomic mass is 19.2. The minimum Gasteiger partial charge on any atom is -0.331 e. The largest absolute Gasteiger partial charge is 0.331 e. The number of unbranched alkanes of at least 4 members (excludes halogenated alkanes) is 15. The van der Waals surface area contributed by atoms with Crippen molar-refractivity contribution in [1.29, 1.82) is 0 Å². The fourth-order valence-corrected chi connectivity index (χ4v) is 8.01. The van der Waals surface area contributed by atoms with E-state index in [9.17, 15) is 52.7 Å². The first-order valence-electron chi connectivity index (χ1n) is 21.3. The van der Waals surface area contributed by atoms with Gasteiger partial charge in [0, 0.05) is 0 Å². The Morgan fingerprint density at radius 3 is 0.552 bits per heavy atom. The Bertz CT molecular complexity index is 1980. The van der Waals surface area contributed by atoms with Gasteiger partial charge in [0.1, 0.15) is 52.7 Å². The second kappa shape index (κ2) is 24.2. The van der Waals surface area contributed by atoms with E-state index in [1.165, 1.54) is 109 Å². The SMILES string of the molecule is CCCCCCCCCCCCCCCCCC[N+](C)(C)C.Fc1c(F)c(F)c([B-](c2c(F)c(F)c(F)c(F)c2F)(c2c(F)c(F)c(F)c(F)c2F)c2c(F)c(F)c(F)c(F)c2F)c(F)c1F. The van der Waals surface area contributed by atoms with Crippen LogP contribution in [0.1, 0.15) is 110 Å². The average Bonchev–Trinajstić information content (AvgIpc) is 3.28. The number of hydrogen-bond acceptors (Lipinski definition) is 0. The number of hydrogen-bond donors (Lipinski definition) is 0. The molecule has 22 heteroatoms. The highest BCUT2D eigenvalue weighted by molar-refractivity contribution is 7.20. The maximum atomic E-state index is 15.4. The molecule has 0 radical (unpaired) electrons. The first kappa shape index (κ1) is 56.8. The number of nitrogens with zero attached hydrogens (tertiary/aromatic N) is 1. The van der Waals surface area contributed by atoms with E-state index in [1.54, 1.807) is 0 Å². The molecule has 0 saturated heterocycles. The Labute approximate surface area is 373 Å². The van der Waals surface area contributed by atoms with Crippen LogP contribution in [0.3, 0.4) is 0 Å². The van der Waals surface area contributed by atoms with Gasteiger partial charge in [-0.25, -0.2) is 87.8 Å². The van der Waals surface area contributed by atoms with E-state index in [-0.39, 0.29) is 0 Å². The summed E-state index contributed by atoms with van der Waals surface area (Å²) in [5.41, 5.74) is -14.3. The normalized spacial score (nSPS) is 12.0. The Balaban J connectivity index is 0.000000457. The van der Waals surface area contributed by atoms with Crippen LogP contribution in [0.15, 0.2) is 0 Å². The monoisotopic (exact) mass is 991 g/mol. The summed E-state index contributed by atoms with van der Waals surface area (Å²) < 4.78 is 295. The fourth-order valence-electron chi connectivity index (χ4n) is 8.01. The average molecular weight is 992 g/mol. The zero-order valence-corrected chi connectivity index (χ0v) is 36.6. The summed E-state index contributed by atoms with van der Waals surface area (Å²) in [5, 5.41) is 0. The second-order valence-corrected chi connectivity index (χ2v) is 17.1. The molecule has 0 heterocycles. The Morgan fingerprint density at radius 2 is 0.388 bits per heavy atom. The van der Waals surface area contributed by atoms with Gasteiger partial charge < -0.3 is 4.48 Å². The summed E-state index contributed by atoms with van der Waals surface area (Å²) in [5.74, 6) is -71.4. The van der Waals surface area contributed by atoms with Crippen LogP contribution in [0.4, 0.5) is 87.8 Å². The van der Waals surface area contributed by atoms with Crippen molar-refractivity contribution >= 4 is 28.0 Å². The predicted octanol–water partition coefficient (Wildman–Crippen LogP) is 12.8. The smallest absolute Gasteiger partial charge is 0.200 e. The molecule has 0 aromatic heterocycles. The maximum absolute atomic E-state index is 15.4. The number of halogens is 20. The summed E-state index contributed by atoms with van der Waals surface area (Å²) in [4.78, 5) is 0. The molecule has 0 spiro atoms. The molecule has 0 aliphatic rings. The van der Waals surface area contributed by atoms with Crippen LogP contribution in [-0.2, 0) is 0 Å². The Hall–Kier alpha value is -4.50. The minimum absolute atomic E-state index is 1.12. The van der Waals surface area contributed by atoms with E-state index >= 15 is 35.1 Å². The van der Waals surface area contributed by atoms with Crippen LogP contribution in [0.2, 0.25) is 0 Å². The van der Waals surface area contributed by atoms with Crippen molar-refractivity contribution in [1.82, 2.24) is 0 Å². The van der Waals surface area contributed by atoms with Gasteiger partial charge in [-0.1, -0.05) is 96.8 Å². The van der Waals surface area contributed by atoms with Gasteiger partial charge in [0.15, 0.2) is 69.8 Å². The van der Waals surface area contributed by atoms with E-state index in [0.717, 1.165) is 4.48 Å². The van der Waals surface area contributed by atoms with Crippen molar-refractivity contribution in [2.45, 2.75) is 110 Å². The lowest BCUT2D eigenvalue weighted by Gasteiger charge is -2.44. The van der Waals surface area contributed by atoms with Crippen molar-refractivity contribution in [3.8, 4) is 0 Å². The van der Waals surface area contributed by atoms with Crippen LogP contribution in [0.5, 0.6) is 0 Å². The van der Waals surface area contributed by atoms with Crippen molar-refractivity contribution < 1.29 is 92.3 Å². The second-order valence-electron chi connectivity index (χ2n) is 17.1. The standard InChI is InChI=1S/C24BF20.C21H46N/c26-5-1(6(27)14(35)21(42)13(5)34)25(2-7(28)15(36)22(43)16(37)8(2)29,3-9(30)17(38)23(44)18(39)10(3)31)4-11(32)19(40)24(45)20(41)12(4)33;1-5-6-7-8-9-10-11-12-13-14-15-16-17-18-19-20-21-22(2,3)4/h;5-21H2,1-4H3/q-1;+1. The molecule has 4 aromatic carbocycles. The zero-order valence-electron chi connectivity index (χ0n) is 36.6. The van der Waals surface area contributed by atoms with E-state index in [1.807, 2.05) is 0 Å². The van der Waals surface area contributed by atoms with Gasteiger partial charge in [0.05, 0.1) is 27.7 Å². The number of benzene rings is 4. The first-order chi connectivity index (χ1) is 31.3. The molecular formula is C45H46BF20N. The van der Waals surface area contributed by atoms with Gasteiger partial charge in [-0.2, -0.15) is 0 Å². The highest BCUT2D eigenvalue weighted by Gasteiger charge is 2.52. The third-order valence-electron chi connectivity index (χ3n) is 11.4. The first-order valence-corrected chi connectivity index (χ1v) is 21.3. The van der Waals surface area contributed by atoms with Crippen molar-refractivity contribution in [3.63, 3.8) is 0 Å². The molecule has 4 rings (SSSR count). The van der Waals surface area contributed by atoms with Gasteiger partial charge in [-0.15, -0.1) is 21.9 Å². The summed E-state index contributed by atoms with van der Waals surface area (Å²) in [7, 11) is 6.89. The van der Waals surface area contributed by atoms with Gasteiger partial charge in [-0.3, -0.25) is 0 Å². The third kappa shape index (κ3) is 12.0. The molecule has 4 aromatic rings. The maximum Gasteiger partial charge on any atom is 0.200 e. The van der Waals surface area contributed by atoms with Crippen molar-refractivity contribution in [3.05, 3.63) is 116 Å². The van der Waals surface area contributed by atoms with Gasteiger partial charge in [-0.05, 0) is 12.8 Å². The topological polar surface area (TPSA) is 0 Å². The van der Waals surface area contributed by atoms with E-state index < -0.39 is 144 Å². The molecule has 0 saturated carbocycles. The van der Waals surface area contributed by atoms with E-state index in [4.69, 9.17) is 0 Å². The summed E-state index contributed by atoms with van der Waals surface area (Å²) in [6.07, 6.45) is 16.1. The van der Waals surface area contributed by atoms with Crippen LogP contribution in [0, 0.1) is 116 Å². The minimum atomic E-state index is -7.22. The molecule has 1 nitrogen and oxygen atoms in total. The van der Waals surface area contributed by atoms with E-state index in [2.05, 4.69) is 28.1 Å². The molecule has 374 valence electrons. The molecular weight excluding hydrogens is 945 g/mol. The molecule has 0 amide bonds. The van der Waals surface area contributed by atoms with Crippen molar-refractivity contribution in [2.24, 2.45) is 0 Å². The van der Waals surface area contributed by atoms with Crippen LogP contribution in [0.25, 0.3) is 0 Å². The van der Waals surface area contributed by atoms with Gasteiger partial charge in [0.25, 0.3) is 0 Å². The number of quaternary nitrogens is 1. The fraction of sp³-hybridized carbons (Fsp3) is 0.467. The summed E-state index contributed by atoms with van der Waals surface area (Å²) >= 11 is 0. The van der Waals surface area contributed by atoms with Crippen LogP contribution in [-0.4, -0.2) is 38.3 Å². The van der Waals surface area contributed by atoms with Crippen molar-refractivity contribution in [2.75, 3.05) is 27.7 Å². The third-order valence-corrected chi connectivity index (χ3v) is 11.4. The van der Waals surface area contributed by atoms with Gasteiger partial charge in [0.2, 0.25) is 0 Å². The van der Waals surface area contributed by atoms with Gasteiger partial charge >= 0.3 is 0 Å². The Morgan fingerprint density at radius 1 is 0.239 bits per heavy atom. The highest BCUT2D eigenvalue weighted by Crippen LogP contribution is 2.31.